The number of rotatable bonds is 4. The smallest absolute Gasteiger partial charge is 0.341 e. The molecule has 0 bridgehead atoms. The number of nitrogens with two attached hydrogens (primary N) is 2. The predicted octanol–water partition coefficient (Wildman–Crippen LogP) is 1.73. The number of carbonyl (C=O) groups is 1. The molecule has 0 amide bonds. The fourth-order valence-electron chi connectivity index (χ4n) is 3.61. The van der Waals surface area contributed by atoms with Crippen molar-refractivity contribution in [2.24, 2.45) is 0 Å². The standard InChI is InChI=1S/C19H16ClF3N6O3/c1-26-6-3-28(4-6)15-11(20)14-10(13(24)12(15)23)16(30)7(19(31)32)5-29(14)18-9(22)2-8(21)17(25)27-18/h2,5-6,26H,3-4,24H2,1H3,(H2,25,27)(H,31,32). The summed E-state index contributed by atoms with van der Waals surface area (Å²) in [6, 6.07) is 0.492. The summed E-state index contributed by atoms with van der Waals surface area (Å²) in [6.45, 7) is 0.733. The molecule has 0 saturated carbocycles. The molecule has 0 unspecified atom stereocenters. The van der Waals surface area contributed by atoms with Gasteiger partial charge in [0.1, 0.15) is 5.56 Å². The lowest BCUT2D eigenvalue weighted by Gasteiger charge is -2.41. The molecule has 168 valence electrons. The summed E-state index contributed by atoms with van der Waals surface area (Å²) in [6.07, 6.45) is 0.759. The van der Waals surface area contributed by atoms with Gasteiger partial charge in [-0.1, -0.05) is 11.6 Å². The zero-order valence-electron chi connectivity index (χ0n) is 16.4. The van der Waals surface area contributed by atoms with Gasteiger partial charge in [0.15, 0.2) is 29.1 Å². The maximum absolute atomic E-state index is 15.2. The minimum absolute atomic E-state index is 0.0509. The molecule has 9 nitrogen and oxygen atoms in total. The number of nitrogens with one attached hydrogen (secondary N) is 1. The van der Waals surface area contributed by atoms with Gasteiger partial charge in [0.25, 0.3) is 0 Å². The van der Waals surface area contributed by atoms with Crippen molar-refractivity contribution in [3.05, 3.63) is 50.5 Å². The zero-order chi connectivity index (χ0) is 23.5. The Kier molecular flexibility index (Phi) is 5.13. The van der Waals surface area contributed by atoms with E-state index in [4.69, 9.17) is 23.1 Å². The van der Waals surface area contributed by atoms with Gasteiger partial charge in [0, 0.05) is 31.4 Å². The van der Waals surface area contributed by atoms with E-state index in [0.29, 0.717) is 19.2 Å². The first kappa shape index (κ1) is 21.7. The third kappa shape index (κ3) is 3.10. The predicted molar refractivity (Wildman–Crippen MR) is 113 cm³/mol. The van der Waals surface area contributed by atoms with Gasteiger partial charge in [-0.3, -0.25) is 9.36 Å². The highest BCUT2D eigenvalue weighted by molar-refractivity contribution is 6.38. The van der Waals surface area contributed by atoms with E-state index in [1.165, 1.54) is 0 Å². The average molecular weight is 469 g/mol. The van der Waals surface area contributed by atoms with Crippen LogP contribution in [0.5, 0.6) is 0 Å². The molecule has 1 aliphatic rings. The van der Waals surface area contributed by atoms with E-state index in [1.807, 2.05) is 0 Å². The first-order valence-corrected chi connectivity index (χ1v) is 9.57. The second-order valence-corrected chi connectivity index (χ2v) is 7.59. The first-order valence-electron chi connectivity index (χ1n) is 9.20. The van der Waals surface area contributed by atoms with Crippen molar-refractivity contribution < 1.29 is 23.1 Å². The molecule has 3 aromatic rings. The molecule has 6 N–H and O–H groups in total. The summed E-state index contributed by atoms with van der Waals surface area (Å²) in [5.74, 6) is -6.40. The van der Waals surface area contributed by atoms with Crippen LogP contribution < -0.4 is 27.1 Å². The lowest BCUT2D eigenvalue weighted by molar-refractivity contribution is 0.0695. The van der Waals surface area contributed by atoms with Crippen LogP contribution in [0.3, 0.4) is 0 Å². The summed E-state index contributed by atoms with van der Waals surface area (Å²) >= 11 is 6.48. The molecule has 2 aromatic heterocycles. The van der Waals surface area contributed by atoms with Gasteiger partial charge in [-0.15, -0.1) is 0 Å². The van der Waals surface area contributed by atoms with Gasteiger partial charge < -0.3 is 26.8 Å². The van der Waals surface area contributed by atoms with Crippen molar-refractivity contribution in [1.82, 2.24) is 14.9 Å². The summed E-state index contributed by atoms with van der Waals surface area (Å²) in [7, 11) is 1.73. The van der Waals surface area contributed by atoms with Crippen molar-refractivity contribution in [2.75, 3.05) is 36.5 Å². The first-order chi connectivity index (χ1) is 15.1. The van der Waals surface area contributed by atoms with E-state index in [1.54, 1.807) is 11.9 Å². The van der Waals surface area contributed by atoms with Gasteiger partial charge in [-0.05, 0) is 7.05 Å². The number of anilines is 3. The lowest BCUT2D eigenvalue weighted by atomic mass is 10.0. The third-order valence-corrected chi connectivity index (χ3v) is 5.70. The fourth-order valence-corrected chi connectivity index (χ4v) is 3.99. The van der Waals surface area contributed by atoms with E-state index in [9.17, 15) is 23.5 Å². The largest absolute Gasteiger partial charge is 0.477 e. The summed E-state index contributed by atoms with van der Waals surface area (Å²) < 4.78 is 44.3. The van der Waals surface area contributed by atoms with Crippen LogP contribution >= 0.6 is 11.6 Å². The van der Waals surface area contributed by atoms with Gasteiger partial charge in [-0.2, -0.15) is 0 Å². The van der Waals surface area contributed by atoms with Gasteiger partial charge in [0.2, 0.25) is 5.43 Å². The molecule has 1 aromatic carbocycles. The van der Waals surface area contributed by atoms with Crippen molar-refractivity contribution in [3.63, 3.8) is 0 Å². The third-order valence-electron chi connectivity index (χ3n) is 5.34. The Morgan fingerprint density at radius 2 is 1.94 bits per heavy atom. The molecule has 4 rings (SSSR count). The van der Waals surface area contributed by atoms with Crippen LogP contribution in [0.2, 0.25) is 5.02 Å². The van der Waals surface area contributed by atoms with E-state index in [0.717, 1.165) is 10.8 Å². The van der Waals surface area contributed by atoms with Gasteiger partial charge in [-0.25, -0.2) is 22.9 Å². The molecule has 1 fully saturated rings. The van der Waals surface area contributed by atoms with E-state index in [2.05, 4.69) is 10.3 Å². The summed E-state index contributed by atoms with van der Waals surface area (Å²) in [5, 5.41) is 11.6. The SMILES string of the molecule is CNC1CN(c2c(F)c(N)c3c(=O)c(C(=O)O)cn(-c4nc(N)c(F)cc4F)c3c2Cl)C1. The van der Waals surface area contributed by atoms with Crippen LogP contribution in [-0.4, -0.2) is 46.8 Å². The number of fused-ring (bicyclic) bond motifs is 1. The van der Waals surface area contributed by atoms with Gasteiger partial charge in [0.05, 0.1) is 27.3 Å². The number of hydrogen-bond acceptors (Lipinski definition) is 7. The number of halogens is 4. The molecule has 0 aliphatic carbocycles. The Labute approximate surface area is 183 Å². The number of likely N-dealkylation sites (N-methyl/N-ethyl adjacent to an activating group) is 1. The number of aromatic carboxylic acids is 1. The number of carboxylic acids is 1. The van der Waals surface area contributed by atoms with Crippen LogP contribution in [-0.2, 0) is 0 Å². The monoisotopic (exact) mass is 468 g/mol. The maximum atomic E-state index is 15.2. The molecule has 1 aliphatic heterocycles. The minimum atomic E-state index is -1.68. The van der Waals surface area contributed by atoms with Gasteiger partial charge >= 0.3 is 5.97 Å². The van der Waals surface area contributed by atoms with Crippen molar-refractivity contribution >= 4 is 45.7 Å². The summed E-state index contributed by atoms with van der Waals surface area (Å²) in [5.41, 5.74) is 8.28. The van der Waals surface area contributed by atoms with Crippen LogP contribution in [0.15, 0.2) is 17.1 Å². The second-order valence-electron chi connectivity index (χ2n) is 7.21. The average Bonchev–Trinajstić information content (AvgIpc) is 2.70. The number of nitrogen functional groups attached to an aromatic ring is 2. The number of carboxylic acid groups (broad SMARTS) is 1. The second kappa shape index (κ2) is 7.57. The number of aromatic nitrogens is 2. The number of hydrogen-bond donors (Lipinski definition) is 4. The summed E-state index contributed by atoms with van der Waals surface area (Å²) in [4.78, 5) is 29.6. The van der Waals surface area contributed by atoms with E-state index < -0.39 is 57.1 Å². The normalized spacial score (nSPS) is 14.1. The highest BCUT2D eigenvalue weighted by Crippen LogP contribution is 2.42. The molecule has 13 heteroatoms. The van der Waals surface area contributed by atoms with Crippen LogP contribution in [0.25, 0.3) is 16.7 Å². The Morgan fingerprint density at radius 1 is 1.28 bits per heavy atom. The highest BCUT2D eigenvalue weighted by atomic mass is 35.5. The molecule has 3 heterocycles. The van der Waals surface area contributed by atoms with Crippen LogP contribution in [0.4, 0.5) is 30.4 Å². The molecule has 32 heavy (non-hydrogen) atoms. The number of nitrogens with zero attached hydrogens (tertiary/aromatic N) is 3. The van der Waals surface area contributed by atoms with Crippen molar-refractivity contribution in [3.8, 4) is 5.82 Å². The lowest BCUT2D eigenvalue weighted by Crippen LogP contribution is -2.57. The number of pyridine rings is 2. The van der Waals surface area contributed by atoms with Crippen LogP contribution in [0, 0.1) is 17.5 Å². The quantitative estimate of drug-likeness (QED) is 0.424. The molecular formula is C19H16ClF3N6O3. The minimum Gasteiger partial charge on any atom is -0.477 e. The highest BCUT2D eigenvalue weighted by Gasteiger charge is 2.33. The Morgan fingerprint density at radius 3 is 2.53 bits per heavy atom. The molecule has 1 saturated heterocycles. The molecule has 0 spiro atoms. The van der Waals surface area contributed by atoms with Crippen LogP contribution in [0.1, 0.15) is 10.4 Å². The fraction of sp³-hybridized carbons (Fsp3) is 0.211. The molecular weight excluding hydrogens is 453 g/mol. The Hall–Kier alpha value is -3.51. The zero-order valence-corrected chi connectivity index (χ0v) is 17.2. The van der Waals surface area contributed by atoms with Crippen molar-refractivity contribution in [1.29, 1.82) is 0 Å². The van der Waals surface area contributed by atoms with E-state index >= 15 is 4.39 Å². The van der Waals surface area contributed by atoms with Crippen molar-refractivity contribution in [2.45, 2.75) is 6.04 Å². The molecule has 0 atom stereocenters. The molecule has 0 radical (unpaired) electrons. The maximum Gasteiger partial charge on any atom is 0.341 e. The van der Waals surface area contributed by atoms with E-state index in [-0.39, 0.29) is 22.3 Å². The Balaban J connectivity index is 2.15. The Bertz CT molecular complexity index is 1360. The topological polar surface area (TPSA) is 140 Å². The number of benzene rings is 1.